The van der Waals surface area contributed by atoms with E-state index in [1.165, 1.54) is 0 Å². The Morgan fingerprint density at radius 2 is 2.06 bits per heavy atom. The molecular weight excluding hydrogens is 216 g/mol. The van der Waals surface area contributed by atoms with Gasteiger partial charge in [0, 0.05) is 32.2 Å². The number of carbonyl (C=O) groups excluding carboxylic acids is 1. The minimum atomic E-state index is 0.314. The third-order valence-electron chi connectivity index (χ3n) is 3.82. The zero-order chi connectivity index (χ0) is 12.1. The van der Waals surface area contributed by atoms with E-state index >= 15 is 0 Å². The van der Waals surface area contributed by atoms with Gasteiger partial charge in [-0.3, -0.25) is 4.79 Å². The first kappa shape index (κ1) is 12.8. The molecule has 0 radical (unpaired) electrons. The Bertz CT molecular complexity index is 250. The maximum atomic E-state index is 11.4. The van der Waals surface area contributed by atoms with Gasteiger partial charge in [-0.05, 0) is 38.5 Å². The van der Waals surface area contributed by atoms with E-state index in [-0.39, 0.29) is 0 Å². The zero-order valence-corrected chi connectivity index (χ0v) is 10.6. The monoisotopic (exact) mass is 240 g/mol. The van der Waals surface area contributed by atoms with Crippen LogP contribution in [0, 0.1) is 0 Å². The average molecular weight is 240 g/mol. The molecule has 2 N–H and O–H groups in total. The van der Waals surface area contributed by atoms with Crippen LogP contribution in [0.4, 0.5) is 0 Å². The summed E-state index contributed by atoms with van der Waals surface area (Å²) in [5.74, 6) is 0.314. The molecule has 0 unspecified atom stereocenters. The molecule has 0 aromatic rings. The summed E-state index contributed by atoms with van der Waals surface area (Å²) in [5, 5.41) is 0. The lowest BCUT2D eigenvalue weighted by molar-refractivity contribution is -0.127. The van der Waals surface area contributed by atoms with Gasteiger partial charge in [-0.2, -0.15) is 0 Å². The Kier molecular flexibility index (Phi) is 4.80. The van der Waals surface area contributed by atoms with Crippen LogP contribution >= 0.6 is 0 Å². The number of nitrogens with two attached hydrogens (primary N) is 1. The van der Waals surface area contributed by atoms with Crippen molar-refractivity contribution in [3.05, 3.63) is 0 Å². The van der Waals surface area contributed by atoms with Crippen molar-refractivity contribution in [1.29, 1.82) is 0 Å². The summed E-state index contributed by atoms with van der Waals surface area (Å²) in [6.45, 7) is 2.59. The number of ether oxygens (including phenoxy) is 1. The lowest BCUT2D eigenvalue weighted by Crippen LogP contribution is -2.31. The molecule has 2 aliphatic rings. The van der Waals surface area contributed by atoms with Crippen molar-refractivity contribution in [2.45, 2.75) is 57.1 Å². The van der Waals surface area contributed by atoms with Crippen LogP contribution in [-0.4, -0.2) is 42.6 Å². The average Bonchev–Trinajstić information content (AvgIpc) is 2.73. The highest BCUT2D eigenvalue weighted by molar-refractivity contribution is 5.77. The number of hydrogen-bond donors (Lipinski definition) is 1. The quantitative estimate of drug-likeness (QED) is 0.737. The lowest BCUT2D eigenvalue weighted by atomic mass is 9.94. The normalized spacial score (nSPS) is 29.9. The molecule has 0 aromatic carbocycles. The van der Waals surface area contributed by atoms with Crippen LogP contribution < -0.4 is 5.73 Å². The van der Waals surface area contributed by atoms with E-state index in [1.807, 2.05) is 4.90 Å². The summed E-state index contributed by atoms with van der Waals surface area (Å²) in [5.41, 5.74) is 5.85. The summed E-state index contributed by atoms with van der Waals surface area (Å²) in [6, 6.07) is 0.386. The molecule has 0 atom stereocenters. The SMILES string of the molecule is NC1CCC(OCCCN2CCCC2=O)CC1. The number of likely N-dealkylation sites (tertiary alicyclic amines) is 1. The first-order valence-corrected chi connectivity index (χ1v) is 6.90. The lowest BCUT2D eigenvalue weighted by Gasteiger charge is -2.26. The molecule has 1 aliphatic heterocycles. The predicted molar refractivity (Wildman–Crippen MR) is 66.6 cm³/mol. The first-order valence-electron chi connectivity index (χ1n) is 6.90. The highest BCUT2D eigenvalue weighted by Crippen LogP contribution is 2.20. The topological polar surface area (TPSA) is 55.6 Å². The summed E-state index contributed by atoms with van der Waals surface area (Å²) >= 11 is 0. The minimum Gasteiger partial charge on any atom is -0.378 e. The van der Waals surface area contributed by atoms with Crippen molar-refractivity contribution in [2.24, 2.45) is 5.73 Å². The molecule has 1 saturated heterocycles. The molecule has 2 fully saturated rings. The van der Waals surface area contributed by atoms with Gasteiger partial charge in [0.05, 0.1) is 6.10 Å². The molecular formula is C13H24N2O2. The van der Waals surface area contributed by atoms with E-state index in [1.54, 1.807) is 0 Å². The number of carbonyl (C=O) groups is 1. The van der Waals surface area contributed by atoms with E-state index in [2.05, 4.69) is 0 Å². The fourth-order valence-corrected chi connectivity index (χ4v) is 2.70. The van der Waals surface area contributed by atoms with Gasteiger partial charge in [-0.15, -0.1) is 0 Å². The molecule has 4 nitrogen and oxygen atoms in total. The van der Waals surface area contributed by atoms with Crippen LogP contribution in [-0.2, 0) is 9.53 Å². The van der Waals surface area contributed by atoms with E-state index < -0.39 is 0 Å². The van der Waals surface area contributed by atoms with Crippen LogP contribution in [0.1, 0.15) is 44.9 Å². The van der Waals surface area contributed by atoms with Crippen molar-refractivity contribution < 1.29 is 9.53 Å². The Morgan fingerprint density at radius 1 is 1.29 bits per heavy atom. The van der Waals surface area contributed by atoms with Gasteiger partial charge < -0.3 is 15.4 Å². The second-order valence-corrected chi connectivity index (χ2v) is 5.25. The van der Waals surface area contributed by atoms with Crippen LogP contribution in [0.5, 0.6) is 0 Å². The van der Waals surface area contributed by atoms with E-state index in [0.29, 0.717) is 18.1 Å². The molecule has 98 valence electrons. The minimum absolute atomic E-state index is 0.314. The van der Waals surface area contributed by atoms with E-state index in [0.717, 1.165) is 64.6 Å². The molecule has 4 heteroatoms. The number of nitrogens with zero attached hydrogens (tertiary/aromatic N) is 1. The molecule has 1 saturated carbocycles. The fraction of sp³-hybridized carbons (Fsp3) is 0.923. The van der Waals surface area contributed by atoms with Gasteiger partial charge in [0.15, 0.2) is 0 Å². The summed E-state index contributed by atoms with van der Waals surface area (Å²) in [4.78, 5) is 13.3. The third-order valence-corrected chi connectivity index (χ3v) is 3.82. The van der Waals surface area contributed by atoms with Crippen LogP contribution in [0.15, 0.2) is 0 Å². The molecule has 1 aliphatic carbocycles. The smallest absolute Gasteiger partial charge is 0.222 e. The van der Waals surface area contributed by atoms with Gasteiger partial charge >= 0.3 is 0 Å². The Balaban J connectivity index is 1.52. The molecule has 0 spiro atoms. The van der Waals surface area contributed by atoms with Gasteiger partial charge in [0.1, 0.15) is 0 Å². The number of amides is 1. The standard InChI is InChI=1S/C13H24N2O2/c14-11-4-6-12(7-5-11)17-10-2-9-15-8-1-3-13(15)16/h11-12H,1-10,14H2. The van der Waals surface area contributed by atoms with Crippen molar-refractivity contribution in [3.8, 4) is 0 Å². The molecule has 0 aromatic heterocycles. The Morgan fingerprint density at radius 3 is 2.71 bits per heavy atom. The second-order valence-electron chi connectivity index (χ2n) is 5.25. The molecule has 0 bridgehead atoms. The predicted octanol–water partition coefficient (Wildman–Crippen LogP) is 1.29. The largest absolute Gasteiger partial charge is 0.378 e. The Labute approximate surface area is 103 Å². The second kappa shape index (κ2) is 6.36. The highest BCUT2D eigenvalue weighted by atomic mass is 16.5. The van der Waals surface area contributed by atoms with E-state index in [4.69, 9.17) is 10.5 Å². The summed E-state index contributed by atoms with van der Waals surface area (Å²) in [7, 11) is 0. The van der Waals surface area contributed by atoms with Crippen LogP contribution in [0.25, 0.3) is 0 Å². The Hall–Kier alpha value is -0.610. The fourth-order valence-electron chi connectivity index (χ4n) is 2.70. The molecule has 1 heterocycles. The van der Waals surface area contributed by atoms with Gasteiger partial charge in [0.2, 0.25) is 5.91 Å². The maximum Gasteiger partial charge on any atom is 0.222 e. The maximum absolute atomic E-state index is 11.4. The summed E-state index contributed by atoms with van der Waals surface area (Å²) < 4.78 is 5.83. The summed E-state index contributed by atoms with van der Waals surface area (Å²) in [6.07, 6.45) is 7.53. The van der Waals surface area contributed by atoms with Crippen molar-refractivity contribution in [2.75, 3.05) is 19.7 Å². The number of rotatable bonds is 5. The van der Waals surface area contributed by atoms with E-state index in [9.17, 15) is 4.79 Å². The molecule has 2 rings (SSSR count). The number of hydrogen-bond acceptors (Lipinski definition) is 3. The van der Waals surface area contributed by atoms with Gasteiger partial charge in [-0.1, -0.05) is 0 Å². The van der Waals surface area contributed by atoms with Crippen molar-refractivity contribution in [1.82, 2.24) is 4.90 Å². The molecule has 17 heavy (non-hydrogen) atoms. The van der Waals surface area contributed by atoms with Crippen LogP contribution in [0.3, 0.4) is 0 Å². The third kappa shape index (κ3) is 3.96. The highest BCUT2D eigenvalue weighted by Gasteiger charge is 2.20. The van der Waals surface area contributed by atoms with Gasteiger partial charge in [0.25, 0.3) is 0 Å². The van der Waals surface area contributed by atoms with Crippen molar-refractivity contribution in [3.63, 3.8) is 0 Å². The first-order chi connectivity index (χ1) is 8.25. The van der Waals surface area contributed by atoms with Gasteiger partial charge in [-0.25, -0.2) is 0 Å². The zero-order valence-electron chi connectivity index (χ0n) is 10.6. The molecule has 1 amide bonds. The van der Waals surface area contributed by atoms with Crippen molar-refractivity contribution >= 4 is 5.91 Å². The van der Waals surface area contributed by atoms with Crippen LogP contribution in [0.2, 0.25) is 0 Å².